The molecule has 3 rings (SSSR count). The number of carbonyl (C=O) groups excluding carboxylic acids is 2. The fourth-order valence-electron chi connectivity index (χ4n) is 3.80. The average molecular weight is 450 g/mol. The number of ether oxygens (including phenoxy) is 1. The summed E-state index contributed by atoms with van der Waals surface area (Å²) in [7, 11) is 1.62. The van der Waals surface area contributed by atoms with Crippen LogP contribution >= 0.6 is 0 Å². The highest BCUT2D eigenvalue weighted by atomic mass is 16.5. The van der Waals surface area contributed by atoms with Crippen molar-refractivity contribution in [3.8, 4) is 0 Å². The Morgan fingerprint density at radius 3 is 2.69 bits per heavy atom. The van der Waals surface area contributed by atoms with Crippen molar-refractivity contribution in [2.75, 3.05) is 13.7 Å². The molecule has 2 aromatic heterocycles. The molecule has 0 radical (unpaired) electrons. The molecule has 1 aliphatic carbocycles. The molecule has 0 saturated heterocycles. The molecule has 1 fully saturated rings. The molecule has 3 atom stereocenters. The Kier molecular flexibility index (Phi) is 9.79. The van der Waals surface area contributed by atoms with Gasteiger partial charge in [0, 0.05) is 25.3 Å². The van der Waals surface area contributed by atoms with Gasteiger partial charge in [0.2, 0.25) is 11.8 Å². The molecule has 0 aliphatic heterocycles. The van der Waals surface area contributed by atoms with Gasteiger partial charge in [0.25, 0.3) is 6.47 Å². The maximum atomic E-state index is 12.5. The van der Waals surface area contributed by atoms with E-state index in [4.69, 9.17) is 14.6 Å². The number of amides is 2. The van der Waals surface area contributed by atoms with Crippen LogP contribution in [0.1, 0.15) is 30.7 Å². The van der Waals surface area contributed by atoms with E-state index in [-0.39, 0.29) is 42.9 Å². The number of hydrogen-bond donors (Lipinski definition) is 3. The Morgan fingerprint density at radius 2 is 2.09 bits per heavy atom. The van der Waals surface area contributed by atoms with Gasteiger partial charge in [-0.3, -0.25) is 23.7 Å². The Morgan fingerprint density at radius 1 is 1.34 bits per heavy atom. The lowest BCUT2D eigenvalue weighted by atomic mass is 9.83. The molecule has 12 nitrogen and oxygen atoms in total. The molecule has 32 heavy (non-hydrogen) atoms. The van der Waals surface area contributed by atoms with E-state index in [0.717, 1.165) is 11.4 Å². The second kappa shape index (κ2) is 12.5. The monoisotopic (exact) mass is 449 g/mol. The first kappa shape index (κ1) is 25.0. The van der Waals surface area contributed by atoms with Crippen molar-refractivity contribution < 1.29 is 24.2 Å². The van der Waals surface area contributed by atoms with Crippen LogP contribution in [0.5, 0.6) is 0 Å². The number of carboxylic acid groups (broad SMARTS) is 1. The molecule has 2 heterocycles. The lowest BCUT2D eigenvalue weighted by molar-refractivity contribution is -0.129. The summed E-state index contributed by atoms with van der Waals surface area (Å²) < 4.78 is 8.96. The van der Waals surface area contributed by atoms with Crippen LogP contribution in [0, 0.1) is 19.8 Å². The molecular formula is C20H31N7O5. The van der Waals surface area contributed by atoms with Crippen LogP contribution in [-0.2, 0) is 32.2 Å². The lowest BCUT2D eigenvalue weighted by Crippen LogP contribution is -2.50. The number of aromatic nitrogens is 5. The molecule has 1 saturated carbocycles. The first-order chi connectivity index (χ1) is 15.4. The predicted octanol–water partition coefficient (Wildman–Crippen LogP) is -0.0915. The van der Waals surface area contributed by atoms with Gasteiger partial charge in [-0.2, -0.15) is 10.2 Å². The summed E-state index contributed by atoms with van der Waals surface area (Å²) in [5, 5.41) is 21.2. The molecule has 0 bridgehead atoms. The summed E-state index contributed by atoms with van der Waals surface area (Å²) in [6, 6.07) is 1.83. The summed E-state index contributed by atoms with van der Waals surface area (Å²) in [6.07, 6.45) is 4.88. The fraction of sp³-hybridized carbons (Fsp3) is 0.600. The van der Waals surface area contributed by atoms with Gasteiger partial charge >= 0.3 is 0 Å². The summed E-state index contributed by atoms with van der Waals surface area (Å²) in [5.41, 5.74) is 1.84. The van der Waals surface area contributed by atoms with Gasteiger partial charge in [-0.1, -0.05) is 0 Å². The molecule has 176 valence electrons. The van der Waals surface area contributed by atoms with Crippen LogP contribution in [0.3, 0.4) is 0 Å². The van der Waals surface area contributed by atoms with Crippen LogP contribution in [0.15, 0.2) is 18.7 Å². The molecule has 0 spiro atoms. The average Bonchev–Trinajstić information content (AvgIpc) is 3.38. The van der Waals surface area contributed by atoms with Crippen LogP contribution in [0.25, 0.3) is 0 Å². The maximum absolute atomic E-state index is 12.5. The molecular weight excluding hydrogens is 418 g/mol. The van der Waals surface area contributed by atoms with E-state index >= 15 is 0 Å². The fourth-order valence-corrected chi connectivity index (χ4v) is 3.80. The molecule has 2 aromatic rings. The highest BCUT2D eigenvalue weighted by Gasteiger charge is 2.34. The predicted molar refractivity (Wildman–Crippen MR) is 113 cm³/mol. The van der Waals surface area contributed by atoms with E-state index in [1.165, 1.54) is 6.33 Å². The Labute approximate surface area is 186 Å². The van der Waals surface area contributed by atoms with Crippen molar-refractivity contribution in [3.05, 3.63) is 30.1 Å². The van der Waals surface area contributed by atoms with Crippen LogP contribution in [0.2, 0.25) is 0 Å². The van der Waals surface area contributed by atoms with Crippen molar-refractivity contribution in [1.29, 1.82) is 0 Å². The number of methoxy groups -OCH3 is 1. The van der Waals surface area contributed by atoms with Crippen molar-refractivity contribution in [1.82, 2.24) is 35.2 Å². The molecule has 1 aliphatic rings. The van der Waals surface area contributed by atoms with E-state index < -0.39 is 0 Å². The van der Waals surface area contributed by atoms with Gasteiger partial charge in [-0.25, -0.2) is 4.98 Å². The highest BCUT2D eigenvalue weighted by Crippen LogP contribution is 2.27. The van der Waals surface area contributed by atoms with Crippen LogP contribution in [-0.4, -0.2) is 73.7 Å². The number of rotatable bonds is 8. The highest BCUT2D eigenvalue weighted by molar-refractivity contribution is 5.79. The Bertz CT molecular complexity index is 868. The van der Waals surface area contributed by atoms with Crippen molar-refractivity contribution in [2.24, 2.45) is 5.92 Å². The van der Waals surface area contributed by atoms with E-state index in [1.54, 1.807) is 22.8 Å². The Hall–Kier alpha value is -3.28. The van der Waals surface area contributed by atoms with Crippen LogP contribution in [0.4, 0.5) is 0 Å². The Balaban J connectivity index is 0.00000114. The summed E-state index contributed by atoms with van der Waals surface area (Å²) in [5.74, 6) is -0.210. The number of nitrogens with one attached hydrogen (secondary N) is 2. The van der Waals surface area contributed by atoms with Crippen LogP contribution < -0.4 is 10.6 Å². The quantitative estimate of drug-likeness (QED) is 0.473. The zero-order valence-corrected chi connectivity index (χ0v) is 18.6. The van der Waals surface area contributed by atoms with E-state index in [0.29, 0.717) is 32.4 Å². The smallest absolute Gasteiger partial charge is 0.290 e. The minimum Gasteiger partial charge on any atom is -0.483 e. The topological polar surface area (TPSA) is 153 Å². The molecule has 2 amide bonds. The zero-order chi connectivity index (χ0) is 23.5. The zero-order valence-electron chi connectivity index (χ0n) is 18.6. The van der Waals surface area contributed by atoms with Gasteiger partial charge in [0.1, 0.15) is 19.2 Å². The second-order valence-electron chi connectivity index (χ2n) is 7.60. The normalized spacial score (nSPS) is 20.0. The molecule has 0 aromatic carbocycles. The largest absolute Gasteiger partial charge is 0.483 e. The van der Waals surface area contributed by atoms with Crippen molar-refractivity contribution in [2.45, 2.75) is 58.3 Å². The minimum atomic E-state index is -0.250. The van der Waals surface area contributed by atoms with Gasteiger partial charge in [-0.05, 0) is 39.2 Å². The molecule has 3 N–H and O–H groups in total. The summed E-state index contributed by atoms with van der Waals surface area (Å²) in [4.78, 5) is 37.2. The third kappa shape index (κ3) is 7.45. The number of hydrogen-bond acceptors (Lipinski definition) is 7. The van der Waals surface area contributed by atoms with E-state index in [1.807, 2.05) is 19.9 Å². The summed E-state index contributed by atoms with van der Waals surface area (Å²) in [6.45, 7) is 4.84. The summed E-state index contributed by atoms with van der Waals surface area (Å²) >= 11 is 0. The number of nitrogens with zero attached hydrogens (tertiary/aromatic N) is 5. The van der Waals surface area contributed by atoms with Crippen molar-refractivity contribution in [3.63, 3.8) is 0 Å². The third-order valence-electron chi connectivity index (χ3n) is 5.32. The van der Waals surface area contributed by atoms with Gasteiger partial charge in [0.05, 0.1) is 24.4 Å². The maximum Gasteiger partial charge on any atom is 0.290 e. The molecule has 12 heteroatoms. The molecule has 0 unspecified atom stereocenters. The third-order valence-corrected chi connectivity index (χ3v) is 5.32. The second-order valence-corrected chi connectivity index (χ2v) is 7.60. The number of carbonyl (C=O) groups is 3. The first-order valence-corrected chi connectivity index (χ1v) is 10.4. The number of aryl methyl sites for hydroxylation is 2. The minimum absolute atomic E-state index is 0.0135. The van der Waals surface area contributed by atoms with Crippen molar-refractivity contribution >= 4 is 18.3 Å². The van der Waals surface area contributed by atoms with Gasteiger partial charge in [0.15, 0.2) is 0 Å². The van der Waals surface area contributed by atoms with E-state index in [9.17, 15) is 9.59 Å². The first-order valence-electron chi connectivity index (χ1n) is 10.4. The van der Waals surface area contributed by atoms with Gasteiger partial charge in [-0.15, -0.1) is 0 Å². The van der Waals surface area contributed by atoms with E-state index in [2.05, 4.69) is 25.8 Å². The van der Waals surface area contributed by atoms with Gasteiger partial charge < -0.3 is 20.5 Å². The standard InChI is InChI=1S/C19H29N7O3.CH2O2/c1-13-8-14(2)26(24-13)10-18(27)23-16-5-4-15(9-17(16)29-3)19(28)21-6-7-25-12-20-11-22-25;2-1-3/h8,11-12,15-17H,4-7,9-10H2,1-3H3,(H,21,28)(H,23,27);1H,(H,2,3)/t15-,16+,17+;/m0./s1. The SMILES string of the molecule is CO[C@@H]1C[C@@H](C(=O)NCCn2cncn2)CC[C@H]1NC(=O)Cn1nc(C)cc1C.O=CO. The lowest BCUT2D eigenvalue weighted by Gasteiger charge is -2.35.